The van der Waals surface area contributed by atoms with E-state index in [1.807, 2.05) is 18.2 Å². The van der Waals surface area contributed by atoms with E-state index in [2.05, 4.69) is 15.3 Å². The molecule has 3 rings (SSSR count). The third-order valence-electron chi connectivity index (χ3n) is 3.58. The average molecular weight is 357 g/mol. The second-order valence-electron chi connectivity index (χ2n) is 5.24. The fourth-order valence-corrected chi connectivity index (χ4v) is 3.32. The van der Waals surface area contributed by atoms with Crippen molar-refractivity contribution in [3.8, 4) is 16.3 Å². The van der Waals surface area contributed by atoms with Crippen LogP contribution in [0.2, 0.25) is 0 Å². The van der Waals surface area contributed by atoms with Crippen LogP contribution in [-0.2, 0) is 6.54 Å². The van der Waals surface area contributed by atoms with E-state index in [1.165, 1.54) is 24.5 Å². The molecule has 0 unspecified atom stereocenters. The topological polar surface area (TPSA) is 64.1 Å². The van der Waals surface area contributed by atoms with E-state index in [1.54, 1.807) is 25.3 Å². The maximum absolute atomic E-state index is 14.2. The van der Waals surface area contributed by atoms with Crippen molar-refractivity contribution in [1.29, 1.82) is 0 Å². The molecule has 0 atom stereocenters. The molecule has 1 aromatic carbocycles. The number of amides is 1. The van der Waals surface area contributed by atoms with Crippen LogP contribution in [0.4, 0.5) is 4.39 Å². The number of benzene rings is 1. The number of carbonyl (C=O) groups is 1. The Morgan fingerprint density at radius 1 is 1.28 bits per heavy atom. The lowest BCUT2D eigenvalue weighted by Gasteiger charge is -2.06. The van der Waals surface area contributed by atoms with Crippen molar-refractivity contribution in [2.75, 3.05) is 7.11 Å². The third kappa shape index (κ3) is 3.66. The standard InChI is InChI=1S/C18H16FN3O2S/c1-11-16(17(23)21-10-12-6-3-4-9-20-12)22-18(25-11)15-13(19)7-5-8-14(15)24-2/h3-9H,10H2,1-2H3,(H,21,23). The van der Waals surface area contributed by atoms with Gasteiger partial charge in [0, 0.05) is 11.1 Å². The number of pyridine rings is 1. The molecule has 1 amide bonds. The lowest BCUT2D eigenvalue weighted by Crippen LogP contribution is -2.24. The molecular weight excluding hydrogens is 341 g/mol. The zero-order valence-corrected chi connectivity index (χ0v) is 14.6. The molecule has 0 saturated heterocycles. The minimum atomic E-state index is -0.437. The molecule has 0 radical (unpaired) electrons. The molecule has 7 heteroatoms. The van der Waals surface area contributed by atoms with Gasteiger partial charge in [0.1, 0.15) is 22.3 Å². The molecule has 128 valence electrons. The number of rotatable bonds is 5. The highest BCUT2D eigenvalue weighted by Gasteiger charge is 2.20. The molecule has 2 heterocycles. The van der Waals surface area contributed by atoms with Crippen LogP contribution in [0.1, 0.15) is 21.1 Å². The van der Waals surface area contributed by atoms with Crippen molar-refractivity contribution < 1.29 is 13.9 Å². The minimum absolute atomic E-state index is 0.266. The van der Waals surface area contributed by atoms with Crippen LogP contribution in [0.15, 0.2) is 42.6 Å². The van der Waals surface area contributed by atoms with Crippen molar-refractivity contribution >= 4 is 17.2 Å². The molecule has 2 aromatic heterocycles. The van der Waals surface area contributed by atoms with E-state index < -0.39 is 5.82 Å². The Hall–Kier alpha value is -2.80. The van der Waals surface area contributed by atoms with Gasteiger partial charge in [-0.05, 0) is 31.2 Å². The molecule has 0 spiro atoms. The zero-order chi connectivity index (χ0) is 17.8. The largest absolute Gasteiger partial charge is 0.496 e. The summed E-state index contributed by atoms with van der Waals surface area (Å²) in [7, 11) is 1.47. The van der Waals surface area contributed by atoms with E-state index in [9.17, 15) is 9.18 Å². The summed E-state index contributed by atoms with van der Waals surface area (Å²) in [4.78, 5) is 21.6. The van der Waals surface area contributed by atoms with Crippen molar-refractivity contribution in [3.63, 3.8) is 0 Å². The molecule has 5 nitrogen and oxygen atoms in total. The first-order valence-electron chi connectivity index (χ1n) is 7.58. The molecule has 0 aliphatic rings. The molecule has 25 heavy (non-hydrogen) atoms. The van der Waals surface area contributed by atoms with E-state index in [0.717, 1.165) is 5.69 Å². The number of hydrogen-bond acceptors (Lipinski definition) is 5. The van der Waals surface area contributed by atoms with E-state index in [-0.39, 0.29) is 17.2 Å². The smallest absolute Gasteiger partial charge is 0.271 e. The van der Waals surface area contributed by atoms with Crippen LogP contribution < -0.4 is 10.1 Å². The first-order valence-corrected chi connectivity index (χ1v) is 8.40. The highest BCUT2D eigenvalue weighted by molar-refractivity contribution is 7.15. The number of aryl methyl sites for hydroxylation is 1. The Morgan fingerprint density at radius 3 is 2.84 bits per heavy atom. The second kappa shape index (κ2) is 7.40. The summed E-state index contributed by atoms with van der Waals surface area (Å²) in [5, 5.41) is 3.19. The number of hydrogen-bond donors (Lipinski definition) is 1. The van der Waals surface area contributed by atoms with E-state index in [4.69, 9.17) is 4.74 Å². The van der Waals surface area contributed by atoms with Crippen LogP contribution in [0.3, 0.4) is 0 Å². The predicted octanol–water partition coefficient (Wildman–Crippen LogP) is 3.59. The molecule has 0 saturated carbocycles. The first-order chi connectivity index (χ1) is 12.1. The number of methoxy groups -OCH3 is 1. The van der Waals surface area contributed by atoms with E-state index in [0.29, 0.717) is 22.2 Å². The SMILES string of the molecule is COc1cccc(F)c1-c1nc(C(=O)NCc2ccccn2)c(C)s1. The van der Waals surface area contributed by atoms with Gasteiger partial charge < -0.3 is 10.1 Å². The number of thiazole rings is 1. The molecule has 0 fully saturated rings. The molecule has 1 N–H and O–H groups in total. The van der Waals surface area contributed by atoms with E-state index >= 15 is 0 Å². The van der Waals surface area contributed by atoms with Crippen molar-refractivity contribution in [3.05, 3.63) is 64.7 Å². The molecule has 3 aromatic rings. The zero-order valence-electron chi connectivity index (χ0n) is 13.7. The highest BCUT2D eigenvalue weighted by atomic mass is 32.1. The van der Waals surface area contributed by atoms with Gasteiger partial charge in [-0.25, -0.2) is 9.37 Å². The molecule has 0 bridgehead atoms. The van der Waals surface area contributed by atoms with Crippen LogP contribution >= 0.6 is 11.3 Å². The summed E-state index contributed by atoms with van der Waals surface area (Å²) in [5.74, 6) is -0.372. The highest BCUT2D eigenvalue weighted by Crippen LogP contribution is 2.36. The Balaban J connectivity index is 1.84. The fraction of sp³-hybridized carbons (Fsp3) is 0.167. The minimum Gasteiger partial charge on any atom is -0.496 e. The lowest BCUT2D eigenvalue weighted by molar-refractivity contribution is 0.0945. The Morgan fingerprint density at radius 2 is 2.12 bits per heavy atom. The summed E-state index contributed by atoms with van der Waals surface area (Å²) in [5.41, 5.74) is 1.29. The Labute approximate surface area is 148 Å². The fourth-order valence-electron chi connectivity index (χ4n) is 2.35. The summed E-state index contributed by atoms with van der Waals surface area (Å²) in [6, 6.07) is 10.1. The second-order valence-corrected chi connectivity index (χ2v) is 6.45. The third-order valence-corrected chi connectivity index (χ3v) is 4.57. The Kier molecular flexibility index (Phi) is 5.04. The van der Waals surface area contributed by atoms with Crippen molar-refractivity contribution in [1.82, 2.24) is 15.3 Å². The predicted molar refractivity (Wildman–Crippen MR) is 94.2 cm³/mol. The molecule has 0 aliphatic carbocycles. The summed E-state index contributed by atoms with van der Waals surface area (Å²) < 4.78 is 19.4. The van der Waals surface area contributed by atoms with Gasteiger partial charge in [-0.1, -0.05) is 12.1 Å². The van der Waals surface area contributed by atoms with Gasteiger partial charge in [0.25, 0.3) is 5.91 Å². The number of aromatic nitrogens is 2. The van der Waals surface area contributed by atoms with Gasteiger partial charge in [-0.15, -0.1) is 11.3 Å². The van der Waals surface area contributed by atoms with Gasteiger partial charge in [0.05, 0.1) is 24.9 Å². The van der Waals surface area contributed by atoms with Crippen LogP contribution in [-0.4, -0.2) is 23.0 Å². The number of halogens is 1. The van der Waals surface area contributed by atoms with Gasteiger partial charge in [-0.3, -0.25) is 9.78 Å². The van der Waals surface area contributed by atoms with Crippen LogP contribution in [0, 0.1) is 12.7 Å². The summed E-state index contributed by atoms with van der Waals surface area (Å²) in [6.07, 6.45) is 1.66. The van der Waals surface area contributed by atoms with Crippen molar-refractivity contribution in [2.45, 2.75) is 13.5 Å². The maximum atomic E-state index is 14.2. The molecule has 0 aliphatic heterocycles. The molecular formula is C18H16FN3O2S. The van der Waals surface area contributed by atoms with Gasteiger partial charge >= 0.3 is 0 Å². The van der Waals surface area contributed by atoms with Gasteiger partial charge in [-0.2, -0.15) is 0 Å². The normalized spacial score (nSPS) is 10.5. The van der Waals surface area contributed by atoms with Crippen LogP contribution in [0.5, 0.6) is 5.75 Å². The van der Waals surface area contributed by atoms with Crippen LogP contribution in [0.25, 0.3) is 10.6 Å². The maximum Gasteiger partial charge on any atom is 0.271 e. The summed E-state index contributed by atoms with van der Waals surface area (Å²) >= 11 is 1.25. The lowest BCUT2D eigenvalue weighted by atomic mass is 10.2. The van der Waals surface area contributed by atoms with Gasteiger partial charge in [0.2, 0.25) is 0 Å². The number of nitrogens with one attached hydrogen (secondary N) is 1. The average Bonchev–Trinajstić information content (AvgIpc) is 3.01. The monoisotopic (exact) mass is 357 g/mol. The number of ether oxygens (including phenoxy) is 1. The number of nitrogens with zero attached hydrogens (tertiary/aromatic N) is 2. The summed E-state index contributed by atoms with van der Waals surface area (Å²) in [6.45, 7) is 2.08. The first kappa shape index (κ1) is 17.0. The number of carbonyl (C=O) groups excluding carboxylic acids is 1. The van der Waals surface area contributed by atoms with Crippen molar-refractivity contribution in [2.24, 2.45) is 0 Å². The Bertz CT molecular complexity index is 897. The van der Waals surface area contributed by atoms with Gasteiger partial charge in [0.15, 0.2) is 0 Å². The quantitative estimate of drug-likeness (QED) is 0.758.